The van der Waals surface area contributed by atoms with Crippen molar-refractivity contribution in [3.8, 4) is 0 Å². The van der Waals surface area contributed by atoms with Gasteiger partial charge in [-0.1, -0.05) is 32.0 Å². The van der Waals surface area contributed by atoms with Crippen LogP contribution in [0.3, 0.4) is 0 Å². The maximum Gasteiger partial charge on any atom is 0.0351 e. The molecule has 86 valence electrons. The number of hydrogen-bond donors (Lipinski definition) is 1. The molecule has 1 fully saturated rings. The van der Waals surface area contributed by atoms with Gasteiger partial charge in [0.05, 0.1) is 0 Å². The quantitative estimate of drug-likeness (QED) is 0.814. The van der Waals surface area contributed by atoms with E-state index in [0.29, 0.717) is 6.04 Å². The normalized spacial score (nSPS) is 28.1. The Balaban J connectivity index is 1.99. The molecule has 0 heterocycles. The van der Waals surface area contributed by atoms with E-state index in [9.17, 15) is 0 Å². The number of nitrogens with one attached hydrogen (secondary N) is 1. The maximum absolute atomic E-state index is 3.64. The van der Waals surface area contributed by atoms with Gasteiger partial charge in [-0.25, -0.2) is 0 Å². The fourth-order valence-corrected chi connectivity index (χ4v) is 3.20. The fraction of sp³-hybridized carbons (Fsp3) is 0.600. The molecule has 1 N–H and O–H groups in total. The lowest BCUT2D eigenvalue weighted by molar-refractivity contribution is 0.426. The summed E-state index contributed by atoms with van der Waals surface area (Å²) < 4.78 is 0. The zero-order valence-corrected chi connectivity index (χ0v) is 10.3. The van der Waals surface area contributed by atoms with Crippen LogP contribution in [0, 0.1) is 5.92 Å². The van der Waals surface area contributed by atoms with Gasteiger partial charge >= 0.3 is 0 Å². The molecule has 0 bridgehead atoms. The first-order valence-electron chi connectivity index (χ1n) is 6.66. The number of hydrogen-bond acceptors (Lipinski definition) is 1. The molecule has 1 saturated carbocycles. The van der Waals surface area contributed by atoms with Crippen LogP contribution >= 0.6 is 0 Å². The molecule has 0 saturated heterocycles. The van der Waals surface area contributed by atoms with Crippen molar-refractivity contribution in [2.24, 2.45) is 5.92 Å². The summed E-state index contributed by atoms with van der Waals surface area (Å²) in [5.74, 6) is 1.65. The minimum absolute atomic E-state index is 0.596. The van der Waals surface area contributed by atoms with Gasteiger partial charge in [0.1, 0.15) is 0 Å². The molecule has 0 aromatic heterocycles. The Morgan fingerprint density at radius 2 is 2.00 bits per heavy atom. The number of fused-ring (bicyclic) bond motifs is 1. The summed E-state index contributed by atoms with van der Waals surface area (Å²) >= 11 is 0. The Labute approximate surface area is 98.3 Å². The van der Waals surface area contributed by atoms with E-state index >= 15 is 0 Å². The van der Waals surface area contributed by atoms with Gasteiger partial charge in [0.15, 0.2) is 0 Å². The molecular formula is C15H21N. The van der Waals surface area contributed by atoms with Crippen molar-refractivity contribution in [2.75, 3.05) is 6.54 Å². The van der Waals surface area contributed by atoms with Gasteiger partial charge in [-0.2, -0.15) is 0 Å². The Kier molecular flexibility index (Phi) is 2.51. The van der Waals surface area contributed by atoms with Gasteiger partial charge in [-0.15, -0.1) is 0 Å². The zero-order valence-electron chi connectivity index (χ0n) is 10.3. The van der Waals surface area contributed by atoms with E-state index < -0.39 is 0 Å². The first kappa shape index (κ1) is 10.3. The molecule has 1 heteroatoms. The Morgan fingerprint density at radius 3 is 2.69 bits per heavy atom. The van der Waals surface area contributed by atoms with E-state index in [1.165, 1.54) is 19.3 Å². The molecule has 2 aliphatic carbocycles. The van der Waals surface area contributed by atoms with Crippen molar-refractivity contribution >= 4 is 0 Å². The van der Waals surface area contributed by atoms with Gasteiger partial charge in [-0.05, 0) is 54.3 Å². The molecule has 2 aliphatic rings. The third kappa shape index (κ3) is 1.58. The number of rotatable bonds is 3. The van der Waals surface area contributed by atoms with Crippen LogP contribution < -0.4 is 5.32 Å². The fourth-order valence-electron chi connectivity index (χ4n) is 3.20. The van der Waals surface area contributed by atoms with E-state index in [2.05, 4.69) is 37.4 Å². The highest BCUT2D eigenvalue weighted by Gasteiger charge is 2.34. The van der Waals surface area contributed by atoms with E-state index in [-0.39, 0.29) is 0 Å². The second-order valence-electron chi connectivity index (χ2n) is 5.41. The lowest BCUT2D eigenvalue weighted by atomic mass is 9.99. The Hall–Kier alpha value is -0.820. The summed E-state index contributed by atoms with van der Waals surface area (Å²) in [7, 11) is 0. The van der Waals surface area contributed by atoms with Crippen LogP contribution in [0.4, 0.5) is 0 Å². The summed E-state index contributed by atoms with van der Waals surface area (Å²) in [6.07, 6.45) is 4.10. The van der Waals surface area contributed by atoms with Crippen molar-refractivity contribution in [3.63, 3.8) is 0 Å². The Morgan fingerprint density at radius 1 is 1.25 bits per heavy atom. The van der Waals surface area contributed by atoms with Crippen molar-refractivity contribution in [1.82, 2.24) is 5.32 Å². The van der Waals surface area contributed by atoms with Crippen LogP contribution in [0.25, 0.3) is 0 Å². The summed E-state index contributed by atoms with van der Waals surface area (Å²) in [6, 6.07) is 7.54. The molecule has 2 atom stereocenters. The predicted octanol–water partition coefficient (Wildman–Crippen LogP) is 3.41. The molecule has 0 aliphatic heterocycles. The molecule has 0 spiro atoms. The van der Waals surface area contributed by atoms with Crippen molar-refractivity contribution in [1.29, 1.82) is 0 Å². The van der Waals surface area contributed by atoms with E-state index in [1.807, 2.05) is 0 Å². The molecule has 1 aromatic rings. The molecule has 0 amide bonds. The van der Waals surface area contributed by atoms with E-state index in [4.69, 9.17) is 0 Å². The first-order valence-corrected chi connectivity index (χ1v) is 6.66. The molecule has 3 rings (SSSR count). The summed E-state index contributed by atoms with van der Waals surface area (Å²) in [5, 5.41) is 3.64. The van der Waals surface area contributed by atoms with Crippen molar-refractivity contribution < 1.29 is 0 Å². The molecule has 1 nitrogen and oxygen atoms in total. The van der Waals surface area contributed by atoms with Gasteiger partial charge in [0.25, 0.3) is 0 Å². The second kappa shape index (κ2) is 3.89. The van der Waals surface area contributed by atoms with Crippen LogP contribution in [0.5, 0.6) is 0 Å². The summed E-state index contributed by atoms with van der Waals surface area (Å²) in [4.78, 5) is 0. The summed E-state index contributed by atoms with van der Waals surface area (Å²) in [5.41, 5.74) is 4.91. The SMILES string of the molecule is CCNC1c2cccc(C3CC3)c2CC1C. The van der Waals surface area contributed by atoms with Crippen molar-refractivity contribution in [3.05, 3.63) is 34.9 Å². The molecule has 2 unspecified atom stereocenters. The zero-order chi connectivity index (χ0) is 11.1. The third-order valence-corrected chi connectivity index (χ3v) is 4.12. The Bertz CT molecular complexity index is 392. The topological polar surface area (TPSA) is 12.0 Å². The van der Waals surface area contributed by atoms with E-state index in [1.54, 1.807) is 16.7 Å². The van der Waals surface area contributed by atoms with E-state index in [0.717, 1.165) is 18.4 Å². The maximum atomic E-state index is 3.64. The first-order chi connectivity index (χ1) is 7.81. The highest BCUT2D eigenvalue weighted by Crippen LogP contribution is 2.47. The second-order valence-corrected chi connectivity index (χ2v) is 5.41. The summed E-state index contributed by atoms with van der Waals surface area (Å²) in [6.45, 7) is 5.65. The highest BCUT2D eigenvalue weighted by atomic mass is 14.9. The third-order valence-electron chi connectivity index (χ3n) is 4.12. The van der Waals surface area contributed by atoms with Crippen LogP contribution in [0.2, 0.25) is 0 Å². The van der Waals surface area contributed by atoms with Crippen LogP contribution in [-0.2, 0) is 6.42 Å². The van der Waals surface area contributed by atoms with Gasteiger partial charge in [0, 0.05) is 6.04 Å². The minimum atomic E-state index is 0.596. The standard InChI is InChI=1S/C15H21N/c1-3-16-15-10(2)9-14-12(11-7-8-11)5-4-6-13(14)15/h4-6,10-11,15-16H,3,7-9H2,1-2H3. The molecule has 1 aromatic carbocycles. The largest absolute Gasteiger partial charge is 0.310 e. The smallest absolute Gasteiger partial charge is 0.0351 e. The molecular weight excluding hydrogens is 194 g/mol. The lowest BCUT2D eigenvalue weighted by Gasteiger charge is -2.17. The van der Waals surface area contributed by atoms with Crippen LogP contribution in [0.15, 0.2) is 18.2 Å². The monoisotopic (exact) mass is 215 g/mol. The molecule has 0 radical (unpaired) electrons. The minimum Gasteiger partial charge on any atom is -0.310 e. The van der Waals surface area contributed by atoms with Gasteiger partial charge in [0.2, 0.25) is 0 Å². The predicted molar refractivity (Wildman–Crippen MR) is 67.7 cm³/mol. The van der Waals surface area contributed by atoms with Gasteiger partial charge in [-0.3, -0.25) is 0 Å². The lowest BCUT2D eigenvalue weighted by Crippen LogP contribution is -2.23. The number of benzene rings is 1. The highest BCUT2D eigenvalue weighted by molar-refractivity contribution is 5.44. The average molecular weight is 215 g/mol. The van der Waals surface area contributed by atoms with Gasteiger partial charge < -0.3 is 5.32 Å². The van der Waals surface area contributed by atoms with Crippen molar-refractivity contribution in [2.45, 2.75) is 45.1 Å². The van der Waals surface area contributed by atoms with Crippen LogP contribution in [0.1, 0.15) is 55.3 Å². The molecule has 16 heavy (non-hydrogen) atoms. The average Bonchev–Trinajstić information content (AvgIpc) is 3.06. The van der Waals surface area contributed by atoms with Crippen LogP contribution in [-0.4, -0.2) is 6.54 Å².